The molecule has 1 atom stereocenters. The van der Waals surface area contributed by atoms with E-state index >= 15 is 0 Å². The Labute approximate surface area is 122 Å². The summed E-state index contributed by atoms with van der Waals surface area (Å²) in [5.74, 6) is -0.0894. The lowest BCUT2D eigenvalue weighted by Crippen LogP contribution is -2.37. The second-order valence-corrected chi connectivity index (χ2v) is 7.64. The Bertz CT molecular complexity index is 615. The summed E-state index contributed by atoms with van der Waals surface area (Å²) >= 11 is 11.7. The molecular formula is C12H13Cl2NO3S. The first-order chi connectivity index (χ1) is 8.80. The predicted molar refractivity (Wildman–Crippen MR) is 75.6 cm³/mol. The minimum absolute atomic E-state index is 0.0244. The topological polar surface area (TPSA) is 54.5 Å². The summed E-state index contributed by atoms with van der Waals surface area (Å²) in [7, 11) is -1.40. The Morgan fingerprint density at radius 1 is 1.32 bits per heavy atom. The lowest BCUT2D eigenvalue weighted by molar-refractivity contribution is 0.0747. The molecule has 0 spiro atoms. The molecule has 1 heterocycles. The van der Waals surface area contributed by atoms with Crippen molar-refractivity contribution >= 4 is 38.9 Å². The van der Waals surface area contributed by atoms with Gasteiger partial charge in [0.25, 0.3) is 5.91 Å². The van der Waals surface area contributed by atoms with E-state index in [0.29, 0.717) is 22.0 Å². The molecule has 4 nitrogen and oxygen atoms in total. The van der Waals surface area contributed by atoms with Gasteiger partial charge in [0.2, 0.25) is 0 Å². The molecule has 0 radical (unpaired) electrons. The van der Waals surface area contributed by atoms with Crippen molar-refractivity contribution in [2.24, 2.45) is 0 Å². The number of carbonyl (C=O) groups excluding carboxylic acids is 1. The van der Waals surface area contributed by atoms with Crippen LogP contribution >= 0.6 is 23.2 Å². The quantitative estimate of drug-likeness (QED) is 0.839. The highest BCUT2D eigenvalue weighted by atomic mass is 35.5. The summed E-state index contributed by atoms with van der Waals surface area (Å²) in [5, 5.41) is 0.685. The van der Waals surface area contributed by atoms with Gasteiger partial charge in [0.1, 0.15) is 0 Å². The maximum atomic E-state index is 12.2. The monoisotopic (exact) mass is 321 g/mol. The van der Waals surface area contributed by atoms with Crippen LogP contribution in [0.4, 0.5) is 0 Å². The zero-order valence-electron chi connectivity index (χ0n) is 10.3. The average molecular weight is 322 g/mol. The van der Waals surface area contributed by atoms with Gasteiger partial charge in [-0.3, -0.25) is 4.79 Å². The van der Waals surface area contributed by atoms with Crippen LogP contribution in [0.2, 0.25) is 10.0 Å². The fourth-order valence-corrected chi connectivity index (χ4v) is 4.15. The summed E-state index contributed by atoms with van der Waals surface area (Å²) < 4.78 is 22.9. The second kappa shape index (κ2) is 5.31. The maximum absolute atomic E-state index is 12.2. The second-order valence-electron chi connectivity index (χ2n) is 4.60. The molecule has 1 aromatic carbocycles. The van der Waals surface area contributed by atoms with Crippen molar-refractivity contribution in [1.29, 1.82) is 0 Å². The Balaban J connectivity index is 2.17. The van der Waals surface area contributed by atoms with E-state index < -0.39 is 9.84 Å². The zero-order chi connectivity index (χ0) is 14.2. The van der Waals surface area contributed by atoms with Crippen molar-refractivity contribution in [1.82, 2.24) is 4.90 Å². The zero-order valence-corrected chi connectivity index (χ0v) is 12.6. The minimum Gasteiger partial charge on any atom is -0.338 e. The van der Waals surface area contributed by atoms with Gasteiger partial charge in [-0.2, -0.15) is 0 Å². The number of nitrogens with zero attached hydrogens (tertiary/aromatic N) is 1. The molecule has 1 aliphatic rings. The molecule has 7 heteroatoms. The molecular weight excluding hydrogens is 309 g/mol. The van der Waals surface area contributed by atoms with Gasteiger partial charge in [-0.1, -0.05) is 23.2 Å². The third-order valence-electron chi connectivity index (χ3n) is 3.24. The maximum Gasteiger partial charge on any atom is 0.253 e. The summed E-state index contributed by atoms with van der Waals surface area (Å²) in [6.07, 6.45) is 0.478. The molecule has 0 aliphatic carbocycles. The Kier molecular flexibility index (Phi) is 4.08. The molecule has 1 fully saturated rings. The SMILES string of the molecule is CN(C(=O)c1ccc(Cl)c(Cl)c1)C1CCS(=O)(=O)C1. The molecule has 1 saturated heterocycles. The summed E-state index contributed by atoms with van der Waals surface area (Å²) in [6.45, 7) is 0. The van der Waals surface area contributed by atoms with Gasteiger partial charge in [-0.15, -0.1) is 0 Å². The average Bonchev–Trinajstić information content (AvgIpc) is 2.71. The number of carbonyl (C=O) groups is 1. The van der Waals surface area contributed by atoms with Gasteiger partial charge < -0.3 is 4.90 Å². The first-order valence-electron chi connectivity index (χ1n) is 5.73. The molecule has 1 amide bonds. The number of hydrogen-bond acceptors (Lipinski definition) is 3. The van der Waals surface area contributed by atoms with Gasteiger partial charge in [0.05, 0.1) is 21.6 Å². The normalized spacial score (nSPS) is 21.3. The molecule has 0 aromatic heterocycles. The molecule has 2 rings (SSSR count). The first kappa shape index (κ1) is 14.6. The highest BCUT2D eigenvalue weighted by molar-refractivity contribution is 7.91. The van der Waals surface area contributed by atoms with E-state index in [1.807, 2.05) is 0 Å². The smallest absolute Gasteiger partial charge is 0.253 e. The Hall–Kier alpha value is -0.780. The van der Waals surface area contributed by atoms with E-state index in [1.165, 1.54) is 11.0 Å². The van der Waals surface area contributed by atoms with E-state index in [4.69, 9.17) is 23.2 Å². The molecule has 0 bridgehead atoms. The van der Waals surface area contributed by atoms with E-state index in [-0.39, 0.29) is 23.5 Å². The number of benzene rings is 1. The largest absolute Gasteiger partial charge is 0.338 e. The van der Waals surface area contributed by atoms with Crippen LogP contribution in [-0.2, 0) is 9.84 Å². The van der Waals surface area contributed by atoms with Crippen LogP contribution in [0.5, 0.6) is 0 Å². The van der Waals surface area contributed by atoms with E-state index in [2.05, 4.69) is 0 Å². The fourth-order valence-electron chi connectivity index (χ4n) is 2.08. The lowest BCUT2D eigenvalue weighted by Gasteiger charge is -2.23. The van der Waals surface area contributed by atoms with Crippen LogP contribution in [0.25, 0.3) is 0 Å². The van der Waals surface area contributed by atoms with Crippen molar-refractivity contribution < 1.29 is 13.2 Å². The van der Waals surface area contributed by atoms with E-state index in [0.717, 1.165) is 0 Å². The van der Waals surface area contributed by atoms with Gasteiger partial charge >= 0.3 is 0 Å². The van der Waals surface area contributed by atoms with Gasteiger partial charge in [0, 0.05) is 18.7 Å². The van der Waals surface area contributed by atoms with Crippen LogP contribution < -0.4 is 0 Å². The fraction of sp³-hybridized carbons (Fsp3) is 0.417. The molecule has 1 aromatic rings. The number of halogens is 2. The van der Waals surface area contributed by atoms with E-state index in [9.17, 15) is 13.2 Å². The number of rotatable bonds is 2. The van der Waals surface area contributed by atoms with Crippen LogP contribution in [0.1, 0.15) is 16.8 Å². The van der Waals surface area contributed by atoms with Crippen LogP contribution in [0.3, 0.4) is 0 Å². The van der Waals surface area contributed by atoms with Crippen molar-refractivity contribution in [2.75, 3.05) is 18.6 Å². The van der Waals surface area contributed by atoms with Crippen molar-refractivity contribution in [3.63, 3.8) is 0 Å². The first-order valence-corrected chi connectivity index (χ1v) is 8.30. The molecule has 0 N–H and O–H groups in total. The highest BCUT2D eigenvalue weighted by Crippen LogP contribution is 2.24. The number of sulfone groups is 1. The van der Waals surface area contributed by atoms with Crippen LogP contribution in [0, 0.1) is 0 Å². The summed E-state index contributed by atoms with van der Waals surface area (Å²) in [6, 6.07) is 4.35. The minimum atomic E-state index is -3.01. The number of amides is 1. The summed E-state index contributed by atoms with van der Waals surface area (Å²) in [5.41, 5.74) is 0.404. The lowest BCUT2D eigenvalue weighted by atomic mass is 10.1. The number of hydrogen-bond donors (Lipinski definition) is 0. The van der Waals surface area contributed by atoms with Crippen LogP contribution in [-0.4, -0.2) is 43.8 Å². The van der Waals surface area contributed by atoms with Gasteiger partial charge in [0.15, 0.2) is 9.84 Å². The molecule has 1 aliphatic heterocycles. The Morgan fingerprint density at radius 3 is 2.53 bits per heavy atom. The predicted octanol–water partition coefficient (Wildman–Crippen LogP) is 2.25. The standard InChI is InChI=1S/C12H13Cl2NO3S/c1-15(9-4-5-19(17,18)7-9)12(16)8-2-3-10(13)11(14)6-8/h2-3,6,9H,4-5,7H2,1H3. The third kappa shape index (κ3) is 3.22. The van der Waals surface area contributed by atoms with Gasteiger partial charge in [-0.05, 0) is 24.6 Å². The molecule has 104 valence electrons. The van der Waals surface area contributed by atoms with Crippen molar-refractivity contribution in [2.45, 2.75) is 12.5 Å². The Morgan fingerprint density at radius 2 is 2.00 bits per heavy atom. The molecule has 0 saturated carbocycles. The third-order valence-corrected chi connectivity index (χ3v) is 5.73. The van der Waals surface area contributed by atoms with Gasteiger partial charge in [-0.25, -0.2) is 8.42 Å². The van der Waals surface area contributed by atoms with Crippen LogP contribution in [0.15, 0.2) is 18.2 Å². The highest BCUT2D eigenvalue weighted by Gasteiger charge is 2.33. The molecule has 1 unspecified atom stereocenters. The molecule has 19 heavy (non-hydrogen) atoms. The van der Waals surface area contributed by atoms with E-state index in [1.54, 1.807) is 19.2 Å². The summed E-state index contributed by atoms with van der Waals surface area (Å²) in [4.78, 5) is 13.7. The van der Waals surface area contributed by atoms with Crippen molar-refractivity contribution in [3.8, 4) is 0 Å². The van der Waals surface area contributed by atoms with Crippen molar-refractivity contribution in [3.05, 3.63) is 33.8 Å².